The number of nitrogens with zero attached hydrogens (tertiary/aromatic N) is 2. The molecule has 0 saturated carbocycles. The highest BCUT2D eigenvalue weighted by Gasteiger charge is 2.15. The molecule has 2 aromatic rings. The van der Waals surface area contributed by atoms with Crippen LogP contribution < -0.4 is 4.74 Å². The predicted molar refractivity (Wildman–Crippen MR) is 62.3 cm³/mol. The Morgan fingerprint density at radius 2 is 2.00 bits per heavy atom. The molecule has 1 aromatic carbocycles. The molecule has 8 heteroatoms. The van der Waals surface area contributed by atoms with Gasteiger partial charge in [0, 0.05) is 18.3 Å². The molecular weight excluding hydrogens is 282 g/mol. The molecule has 0 atom stereocenters. The van der Waals surface area contributed by atoms with Gasteiger partial charge in [-0.15, -0.1) is 0 Å². The zero-order valence-corrected chi connectivity index (χ0v) is 9.90. The molecule has 2 rings (SSSR count). The first-order chi connectivity index (χ1) is 8.97. The van der Waals surface area contributed by atoms with E-state index in [-0.39, 0.29) is 10.8 Å². The lowest BCUT2D eigenvalue weighted by Crippen LogP contribution is -1.95. The summed E-state index contributed by atoms with van der Waals surface area (Å²) in [6.45, 7) is 0. The number of hydrogen-bond donors (Lipinski definition) is 0. The van der Waals surface area contributed by atoms with Crippen molar-refractivity contribution >= 4 is 17.3 Å². The summed E-state index contributed by atoms with van der Waals surface area (Å²) in [4.78, 5) is 13.1. The summed E-state index contributed by atoms with van der Waals surface area (Å²) in [6.07, 6.45) is 1.15. The first-order valence-electron chi connectivity index (χ1n) is 4.90. The van der Waals surface area contributed by atoms with Gasteiger partial charge in [0.15, 0.2) is 5.82 Å². The highest BCUT2D eigenvalue weighted by atomic mass is 35.5. The quantitative estimate of drug-likeness (QED) is 0.637. The molecule has 19 heavy (non-hydrogen) atoms. The van der Waals surface area contributed by atoms with E-state index in [4.69, 9.17) is 16.3 Å². The van der Waals surface area contributed by atoms with Crippen LogP contribution in [0.25, 0.3) is 0 Å². The van der Waals surface area contributed by atoms with Crippen molar-refractivity contribution in [2.75, 3.05) is 0 Å². The van der Waals surface area contributed by atoms with E-state index in [1.807, 2.05) is 0 Å². The number of nitro benzene ring substituents is 1. The molecule has 0 bridgehead atoms. The van der Waals surface area contributed by atoms with E-state index in [0.717, 1.165) is 30.5 Å². The van der Waals surface area contributed by atoms with Gasteiger partial charge in [-0.05, 0) is 12.1 Å². The topological polar surface area (TPSA) is 65.3 Å². The smallest absolute Gasteiger partial charge is 0.305 e. The number of ether oxygens (including phenoxy) is 1. The van der Waals surface area contributed by atoms with Crippen LogP contribution in [-0.2, 0) is 0 Å². The Hall–Kier alpha value is -2.28. The SMILES string of the molecule is O=[N+]([O-])c1ccc(Oc2ncc(Cl)cc2F)cc1F. The number of halogens is 3. The molecule has 0 radical (unpaired) electrons. The molecule has 0 aliphatic rings. The van der Waals surface area contributed by atoms with Crippen molar-refractivity contribution < 1.29 is 18.4 Å². The lowest BCUT2D eigenvalue weighted by Gasteiger charge is -2.05. The van der Waals surface area contributed by atoms with Crippen LogP contribution in [0.4, 0.5) is 14.5 Å². The Morgan fingerprint density at radius 3 is 2.58 bits per heavy atom. The molecule has 0 N–H and O–H groups in total. The van der Waals surface area contributed by atoms with Gasteiger partial charge in [-0.1, -0.05) is 11.6 Å². The van der Waals surface area contributed by atoms with Gasteiger partial charge in [0.25, 0.3) is 5.88 Å². The zero-order chi connectivity index (χ0) is 14.0. The molecule has 1 heterocycles. The first-order valence-corrected chi connectivity index (χ1v) is 5.28. The fourth-order valence-electron chi connectivity index (χ4n) is 1.29. The second-order valence-electron chi connectivity index (χ2n) is 3.41. The van der Waals surface area contributed by atoms with Crippen LogP contribution in [0, 0.1) is 21.7 Å². The lowest BCUT2D eigenvalue weighted by molar-refractivity contribution is -0.387. The molecule has 0 fully saturated rings. The minimum atomic E-state index is -1.09. The maximum atomic E-state index is 13.4. The molecule has 0 saturated heterocycles. The predicted octanol–water partition coefficient (Wildman–Crippen LogP) is 3.71. The van der Waals surface area contributed by atoms with Crippen LogP contribution in [0.2, 0.25) is 5.02 Å². The molecule has 0 aliphatic carbocycles. The normalized spacial score (nSPS) is 10.3. The van der Waals surface area contributed by atoms with Crippen LogP contribution >= 0.6 is 11.6 Å². The van der Waals surface area contributed by atoms with Crippen molar-refractivity contribution in [3.8, 4) is 11.6 Å². The molecule has 0 amide bonds. The second kappa shape index (κ2) is 5.15. The first kappa shape index (κ1) is 13.2. The minimum absolute atomic E-state index is 0.0831. The third kappa shape index (κ3) is 2.94. The van der Waals surface area contributed by atoms with Crippen LogP contribution in [0.1, 0.15) is 0 Å². The molecule has 0 spiro atoms. The van der Waals surface area contributed by atoms with Crippen molar-refractivity contribution in [1.82, 2.24) is 4.98 Å². The molecular formula is C11H5ClF2N2O3. The van der Waals surface area contributed by atoms with E-state index >= 15 is 0 Å². The van der Waals surface area contributed by atoms with E-state index in [2.05, 4.69) is 4.98 Å². The summed E-state index contributed by atoms with van der Waals surface area (Å²) in [5.74, 6) is -2.43. The Kier molecular flexibility index (Phi) is 3.57. The van der Waals surface area contributed by atoms with Gasteiger partial charge in [-0.3, -0.25) is 10.1 Å². The lowest BCUT2D eigenvalue weighted by atomic mass is 10.3. The highest BCUT2D eigenvalue weighted by molar-refractivity contribution is 6.30. The number of rotatable bonds is 3. The summed E-state index contributed by atoms with van der Waals surface area (Å²) >= 11 is 5.51. The van der Waals surface area contributed by atoms with E-state index in [0.29, 0.717) is 0 Å². The van der Waals surface area contributed by atoms with E-state index in [1.165, 1.54) is 0 Å². The van der Waals surface area contributed by atoms with Crippen LogP contribution in [0.5, 0.6) is 11.6 Å². The fraction of sp³-hybridized carbons (Fsp3) is 0. The maximum absolute atomic E-state index is 13.4. The van der Waals surface area contributed by atoms with Crippen LogP contribution in [0.3, 0.4) is 0 Å². The van der Waals surface area contributed by atoms with Crippen molar-refractivity contribution in [1.29, 1.82) is 0 Å². The minimum Gasteiger partial charge on any atom is -0.436 e. The molecule has 5 nitrogen and oxygen atoms in total. The van der Waals surface area contributed by atoms with Gasteiger partial charge in [0.1, 0.15) is 5.75 Å². The van der Waals surface area contributed by atoms with Crippen molar-refractivity contribution in [3.05, 3.63) is 57.2 Å². The van der Waals surface area contributed by atoms with Crippen molar-refractivity contribution in [2.45, 2.75) is 0 Å². The average Bonchev–Trinajstić information content (AvgIpc) is 2.32. The van der Waals surface area contributed by atoms with Gasteiger partial charge in [0.05, 0.1) is 9.95 Å². The second-order valence-corrected chi connectivity index (χ2v) is 3.85. The third-order valence-electron chi connectivity index (χ3n) is 2.10. The summed E-state index contributed by atoms with van der Waals surface area (Å²) in [5.41, 5.74) is -0.697. The molecule has 98 valence electrons. The Balaban J connectivity index is 2.29. The summed E-state index contributed by atoms with van der Waals surface area (Å²) < 4.78 is 31.7. The monoisotopic (exact) mass is 286 g/mol. The van der Waals surface area contributed by atoms with Crippen LogP contribution in [0.15, 0.2) is 30.5 Å². The maximum Gasteiger partial charge on any atom is 0.305 e. The largest absolute Gasteiger partial charge is 0.436 e. The average molecular weight is 287 g/mol. The Labute approximate surface area is 110 Å². The number of pyridine rings is 1. The molecule has 0 unspecified atom stereocenters. The van der Waals surface area contributed by atoms with Gasteiger partial charge in [-0.2, -0.15) is 4.39 Å². The molecule has 0 aliphatic heterocycles. The van der Waals surface area contributed by atoms with Gasteiger partial charge < -0.3 is 4.74 Å². The van der Waals surface area contributed by atoms with E-state index in [9.17, 15) is 18.9 Å². The summed E-state index contributed by atoms with van der Waals surface area (Å²) in [7, 11) is 0. The standard InChI is InChI=1S/C11H5ClF2N2O3/c12-6-3-9(14)11(15-5-6)19-7-1-2-10(16(17)18)8(13)4-7/h1-5H. The number of benzene rings is 1. The highest BCUT2D eigenvalue weighted by Crippen LogP contribution is 2.27. The third-order valence-corrected chi connectivity index (χ3v) is 2.31. The molecule has 1 aromatic heterocycles. The Morgan fingerprint density at radius 1 is 1.26 bits per heavy atom. The van der Waals surface area contributed by atoms with E-state index in [1.54, 1.807) is 0 Å². The van der Waals surface area contributed by atoms with Gasteiger partial charge in [-0.25, -0.2) is 9.37 Å². The van der Waals surface area contributed by atoms with Gasteiger partial charge >= 0.3 is 5.69 Å². The summed E-state index contributed by atoms with van der Waals surface area (Å²) in [6, 6.07) is 3.80. The fourth-order valence-corrected chi connectivity index (χ4v) is 1.43. The van der Waals surface area contributed by atoms with E-state index < -0.39 is 28.1 Å². The van der Waals surface area contributed by atoms with Gasteiger partial charge in [0.2, 0.25) is 5.82 Å². The van der Waals surface area contributed by atoms with Crippen LogP contribution in [-0.4, -0.2) is 9.91 Å². The summed E-state index contributed by atoms with van der Waals surface area (Å²) in [5, 5.41) is 10.5. The van der Waals surface area contributed by atoms with Crippen molar-refractivity contribution in [2.24, 2.45) is 0 Å². The number of nitro groups is 1. The Bertz CT molecular complexity index is 652. The number of hydrogen-bond acceptors (Lipinski definition) is 4. The number of aromatic nitrogens is 1. The van der Waals surface area contributed by atoms with Crippen molar-refractivity contribution in [3.63, 3.8) is 0 Å². The zero-order valence-electron chi connectivity index (χ0n) is 9.14.